The van der Waals surface area contributed by atoms with Crippen molar-refractivity contribution in [3.05, 3.63) is 60.8 Å². The van der Waals surface area contributed by atoms with E-state index in [-0.39, 0.29) is 0 Å². The third kappa shape index (κ3) is 3.05. The molecule has 0 amide bonds. The largest absolute Gasteiger partial charge is 0.292 e. The second-order valence-electron chi connectivity index (χ2n) is 4.55. The summed E-state index contributed by atoms with van der Waals surface area (Å²) in [5.41, 5.74) is 1.37. The predicted octanol–water partition coefficient (Wildman–Crippen LogP) is 2.35. The van der Waals surface area contributed by atoms with E-state index in [2.05, 4.69) is 59.9 Å². The topological polar surface area (TPSA) is 6.48 Å². The molecule has 90 valence electrons. The molecular formula is C15H20N2. The molecule has 0 aromatic carbocycles. The summed E-state index contributed by atoms with van der Waals surface area (Å²) < 4.78 is 0. The van der Waals surface area contributed by atoms with Crippen molar-refractivity contribution in [2.45, 2.75) is 6.04 Å². The average Bonchev–Trinajstić information content (AvgIpc) is 2.60. The molecule has 0 aromatic heterocycles. The Bertz CT molecular complexity index is 388. The summed E-state index contributed by atoms with van der Waals surface area (Å²) in [5.74, 6) is 0. The van der Waals surface area contributed by atoms with Crippen LogP contribution in [0.1, 0.15) is 0 Å². The first kappa shape index (κ1) is 12.1. The van der Waals surface area contributed by atoms with Crippen LogP contribution in [0.4, 0.5) is 0 Å². The number of likely N-dealkylation sites (N-methyl/N-ethyl adjacent to an activating group) is 1. The van der Waals surface area contributed by atoms with E-state index < -0.39 is 0 Å². The molecule has 2 rings (SSSR count). The van der Waals surface area contributed by atoms with Crippen LogP contribution in [0.2, 0.25) is 0 Å². The zero-order valence-electron chi connectivity index (χ0n) is 10.4. The lowest BCUT2D eigenvalue weighted by atomic mass is 10.0. The summed E-state index contributed by atoms with van der Waals surface area (Å²) in [4.78, 5) is 4.80. The molecule has 0 spiro atoms. The monoisotopic (exact) mass is 228 g/mol. The molecule has 0 radical (unpaired) electrons. The fourth-order valence-corrected chi connectivity index (χ4v) is 2.35. The van der Waals surface area contributed by atoms with Gasteiger partial charge in [-0.25, -0.2) is 0 Å². The second kappa shape index (κ2) is 5.80. The minimum Gasteiger partial charge on any atom is -0.292 e. The second-order valence-corrected chi connectivity index (χ2v) is 4.55. The lowest BCUT2D eigenvalue weighted by Crippen LogP contribution is -2.32. The van der Waals surface area contributed by atoms with Crippen molar-refractivity contribution < 1.29 is 0 Å². The molecule has 1 aliphatic heterocycles. The molecule has 0 bridgehead atoms. The summed E-state index contributed by atoms with van der Waals surface area (Å²) in [5, 5.41) is 0. The van der Waals surface area contributed by atoms with Crippen LogP contribution in [0.25, 0.3) is 0 Å². The van der Waals surface area contributed by atoms with Gasteiger partial charge in [-0.1, -0.05) is 48.6 Å². The van der Waals surface area contributed by atoms with Crippen LogP contribution >= 0.6 is 0 Å². The first-order chi connectivity index (χ1) is 8.31. The molecule has 0 N–H and O–H groups in total. The van der Waals surface area contributed by atoms with E-state index in [4.69, 9.17) is 0 Å². The molecule has 1 atom stereocenters. The number of hydrogen-bond donors (Lipinski definition) is 0. The van der Waals surface area contributed by atoms with Crippen molar-refractivity contribution in [2.24, 2.45) is 0 Å². The van der Waals surface area contributed by atoms with Crippen LogP contribution in [0, 0.1) is 0 Å². The molecular weight excluding hydrogens is 208 g/mol. The minimum atomic E-state index is 0.477. The van der Waals surface area contributed by atoms with Gasteiger partial charge in [-0.3, -0.25) is 9.80 Å². The van der Waals surface area contributed by atoms with Crippen LogP contribution in [0.3, 0.4) is 0 Å². The maximum atomic E-state index is 3.84. The molecule has 1 saturated heterocycles. The van der Waals surface area contributed by atoms with Gasteiger partial charge in [-0.15, -0.1) is 6.58 Å². The lowest BCUT2D eigenvalue weighted by Gasteiger charge is -2.22. The van der Waals surface area contributed by atoms with Gasteiger partial charge in [0.15, 0.2) is 0 Å². The van der Waals surface area contributed by atoms with Gasteiger partial charge in [-0.05, 0) is 12.6 Å². The van der Waals surface area contributed by atoms with Crippen molar-refractivity contribution in [2.75, 3.05) is 26.8 Å². The molecule has 17 heavy (non-hydrogen) atoms. The Labute approximate surface area is 104 Å². The zero-order chi connectivity index (χ0) is 12.1. The standard InChI is InChI=1S/C15H20N2/c1-3-11-17-13-16(2)12-15(17)14-9-7-5-4-6-8-10-14/h3-10,15H,1,11-13H2,2H3. The summed E-state index contributed by atoms with van der Waals surface area (Å²) in [7, 11) is 2.17. The van der Waals surface area contributed by atoms with Gasteiger partial charge in [0.2, 0.25) is 0 Å². The van der Waals surface area contributed by atoms with Crippen LogP contribution in [0.15, 0.2) is 60.8 Å². The fourth-order valence-electron chi connectivity index (χ4n) is 2.35. The van der Waals surface area contributed by atoms with Crippen molar-refractivity contribution in [3.8, 4) is 0 Å². The Kier molecular flexibility index (Phi) is 4.13. The molecule has 1 aliphatic carbocycles. The van der Waals surface area contributed by atoms with E-state index in [1.807, 2.05) is 12.2 Å². The highest BCUT2D eigenvalue weighted by atomic mass is 15.4. The van der Waals surface area contributed by atoms with Crippen molar-refractivity contribution in [3.63, 3.8) is 0 Å². The highest BCUT2D eigenvalue weighted by Gasteiger charge is 2.28. The van der Waals surface area contributed by atoms with Crippen LogP contribution in [-0.4, -0.2) is 42.6 Å². The Balaban J connectivity index is 2.16. The van der Waals surface area contributed by atoms with Gasteiger partial charge < -0.3 is 0 Å². The molecule has 2 nitrogen and oxygen atoms in total. The van der Waals surface area contributed by atoms with Crippen LogP contribution in [-0.2, 0) is 0 Å². The highest BCUT2D eigenvalue weighted by Crippen LogP contribution is 2.20. The van der Waals surface area contributed by atoms with E-state index >= 15 is 0 Å². The summed E-state index contributed by atoms with van der Waals surface area (Å²) in [6.07, 6.45) is 16.8. The highest BCUT2D eigenvalue weighted by molar-refractivity contribution is 5.35. The molecule has 1 unspecified atom stereocenters. The van der Waals surface area contributed by atoms with E-state index in [9.17, 15) is 0 Å². The average molecular weight is 228 g/mol. The molecule has 2 aliphatic rings. The van der Waals surface area contributed by atoms with Crippen LogP contribution in [0.5, 0.6) is 0 Å². The lowest BCUT2D eigenvalue weighted by molar-refractivity contribution is 0.275. The van der Waals surface area contributed by atoms with Crippen molar-refractivity contribution >= 4 is 0 Å². The van der Waals surface area contributed by atoms with E-state index in [0.717, 1.165) is 19.8 Å². The Hall–Kier alpha value is -1.38. The Morgan fingerprint density at radius 1 is 1.29 bits per heavy atom. The Morgan fingerprint density at radius 3 is 2.88 bits per heavy atom. The predicted molar refractivity (Wildman–Crippen MR) is 73.7 cm³/mol. The number of allylic oxidation sites excluding steroid dienone is 6. The number of hydrogen-bond acceptors (Lipinski definition) is 2. The van der Waals surface area contributed by atoms with Crippen molar-refractivity contribution in [1.29, 1.82) is 0 Å². The number of rotatable bonds is 3. The quantitative estimate of drug-likeness (QED) is 0.684. The first-order valence-corrected chi connectivity index (χ1v) is 6.06. The Morgan fingerprint density at radius 2 is 2.06 bits per heavy atom. The number of nitrogens with zero attached hydrogens (tertiary/aromatic N) is 2. The third-order valence-electron chi connectivity index (χ3n) is 3.12. The van der Waals surface area contributed by atoms with E-state index in [1.54, 1.807) is 0 Å². The maximum absolute atomic E-state index is 3.84. The smallest absolute Gasteiger partial charge is 0.0513 e. The summed E-state index contributed by atoms with van der Waals surface area (Å²) in [6, 6.07) is 0.477. The maximum Gasteiger partial charge on any atom is 0.0513 e. The molecule has 0 saturated carbocycles. The van der Waals surface area contributed by atoms with Gasteiger partial charge in [0.05, 0.1) is 6.67 Å². The minimum absolute atomic E-state index is 0.477. The summed E-state index contributed by atoms with van der Waals surface area (Å²) >= 11 is 0. The zero-order valence-corrected chi connectivity index (χ0v) is 10.4. The molecule has 1 heterocycles. The molecule has 0 aromatic rings. The first-order valence-electron chi connectivity index (χ1n) is 6.06. The third-order valence-corrected chi connectivity index (χ3v) is 3.12. The molecule has 2 heteroatoms. The van der Waals surface area contributed by atoms with Gasteiger partial charge in [-0.2, -0.15) is 0 Å². The molecule has 1 fully saturated rings. The van der Waals surface area contributed by atoms with E-state index in [1.165, 1.54) is 5.57 Å². The summed E-state index contributed by atoms with van der Waals surface area (Å²) in [6.45, 7) is 6.88. The van der Waals surface area contributed by atoms with Gasteiger partial charge in [0, 0.05) is 19.1 Å². The van der Waals surface area contributed by atoms with Gasteiger partial charge in [0.1, 0.15) is 0 Å². The van der Waals surface area contributed by atoms with Crippen molar-refractivity contribution in [1.82, 2.24) is 9.80 Å². The normalized spacial score (nSPS) is 25.7. The fraction of sp³-hybridized carbons (Fsp3) is 0.333. The van der Waals surface area contributed by atoms with Gasteiger partial charge in [0.25, 0.3) is 0 Å². The SMILES string of the molecule is C=CCN1CN(C)CC1C1=CC=CC=CC=C1. The van der Waals surface area contributed by atoms with Crippen LogP contribution < -0.4 is 0 Å². The van der Waals surface area contributed by atoms with Gasteiger partial charge >= 0.3 is 0 Å². The van der Waals surface area contributed by atoms with E-state index in [0.29, 0.717) is 6.04 Å².